The number of hydrogen-bond donors (Lipinski definition) is 1. The Hall–Kier alpha value is -1.43. The third-order valence-corrected chi connectivity index (χ3v) is 2.64. The fraction of sp³-hybridized carbons (Fsp3) is 0.700. The highest BCUT2D eigenvalue weighted by molar-refractivity contribution is 6.14. The summed E-state index contributed by atoms with van der Waals surface area (Å²) in [7, 11) is 0. The maximum Gasteiger partial charge on any atom is 0.330 e. The predicted octanol–water partition coefficient (Wildman–Crippen LogP) is -0.203. The molecule has 0 aromatic carbocycles. The fourth-order valence-corrected chi connectivity index (χ4v) is 1.58. The number of likely N-dealkylation sites (N-methyl/N-ethyl adjacent to an activating group) is 1. The molecular formula is C10H17N3O3. The first-order valence-corrected chi connectivity index (χ1v) is 5.45. The van der Waals surface area contributed by atoms with E-state index in [2.05, 4.69) is 10.2 Å². The third kappa shape index (κ3) is 3.03. The average Bonchev–Trinajstić information content (AvgIpc) is 2.22. The van der Waals surface area contributed by atoms with Crippen molar-refractivity contribution in [1.82, 2.24) is 15.1 Å². The van der Waals surface area contributed by atoms with E-state index in [1.54, 1.807) is 0 Å². The Bertz CT molecular complexity index is 280. The number of nitrogens with zero attached hydrogens (tertiary/aromatic N) is 2. The van der Waals surface area contributed by atoms with Crippen molar-refractivity contribution < 1.29 is 14.4 Å². The van der Waals surface area contributed by atoms with Gasteiger partial charge in [-0.2, -0.15) is 0 Å². The van der Waals surface area contributed by atoms with Gasteiger partial charge in [0.25, 0.3) is 0 Å². The van der Waals surface area contributed by atoms with E-state index in [0.29, 0.717) is 13.1 Å². The van der Waals surface area contributed by atoms with E-state index in [-0.39, 0.29) is 6.42 Å². The van der Waals surface area contributed by atoms with Crippen LogP contribution in [0, 0.1) is 0 Å². The van der Waals surface area contributed by atoms with Gasteiger partial charge in [0, 0.05) is 13.1 Å². The minimum absolute atomic E-state index is 0.232. The number of carbonyl (C=O) groups is 3. The van der Waals surface area contributed by atoms with Gasteiger partial charge in [0.2, 0.25) is 11.8 Å². The Labute approximate surface area is 94.6 Å². The number of urea groups is 1. The van der Waals surface area contributed by atoms with Gasteiger partial charge < -0.3 is 4.90 Å². The molecular weight excluding hydrogens is 210 g/mol. The monoisotopic (exact) mass is 227 g/mol. The van der Waals surface area contributed by atoms with E-state index in [4.69, 9.17) is 0 Å². The molecule has 6 nitrogen and oxygen atoms in total. The number of amides is 4. The average molecular weight is 227 g/mol. The summed E-state index contributed by atoms with van der Waals surface area (Å²) in [6, 6.07) is -0.603. The molecule has 0 atom stereocenters. The highest BCUT2D eigenvalue weighted by Gasteiger charge is 2.30. The van der Waals surface area contributed by atoms with Gasteiger partial charge in [-0.15, -0.1) is 0 Å². The molecule has 1 rings (SSSR count). The summed E-state index contributed by atoms with van der Waals surface area (Å²) in [6.45, 7) is 6.76. The SMILES string of the molecule is CCN(CC)CCN1C(=O)CC(=O)NC1=O. The lowest BCUT2D eigenvalue weighted by Crippen LogP contribution is -2.54. The second kappa shape index (κ2) is 5.60. The first kappa shape index (κ1) is 12.6. The van der Waals surface area contributed by atoms with Gasteiger partial charge in [-0.05, 0) is 13.1 Å². The highest BCUT2D eigenvalue weighted by atomic mass is 16.2. The van der Waals surface area contributed by atoms with Crippen molar-refractivity contribution in [2.75, 3.05) is 26.2 Å². The molecule has 0 bridgehead atoms. The van der Waals surface area contributed by atoms with Gasteiger partial charge in [0.15, 0.2) is 0 Å². The standard InChI is InChI=1S/C10H17N3O3/c1-3-12(4-2)5-6-13-9(15)7-8(14)11-10(13)16/h3-7H2,1-2H3,(H,11,14,16). The van der Waals surface area contributed by atoms with Crippen LogP contribution in [-0.4, -0.2) is 53.8 Å². The first-order chi connectivity index (χ1) is 7.58. The van der Waals surface area contributed by atoms with Crippen LogP contribution in [0.1, 0.15) is 20.3 Å². The predicted molar refractivity (Wildman–Crippen MR) is 57.7 cm³/mol. The lowest BCUT2D eigenvalue weighted by Gasteiger charge is -2.27. The smallest absolute Gasteiger partial charge is 0.302 e. The van der Waals surface area contributed by atoms with Crippen LogP contribution in [0.25, 0.3) is 0 Å². The normalized spacial score (nSPS) is 16.9. The zero-order chi connectivity index (χ0) is 12.1. The van der Waals surface area contributed by atoms with Crippen LogP contribution < -0.4 is 5.32 Å². The molecule has 6 heteroatoms. The molecule has 16 heavy (non-hydrogen) atoms. The highest BCUT2D eigenvalue weighted by Crippen LogP contribution is 2.02. The Morgan fingerprint density at radius 3 is 2.38 bits per heavy atom. The number of carbonyl (C=O) groups excluding carboxylic acids is 3. The van der Waals surface area contributed by atoms with Crippen LogP contribution in [-0.2, 0) is 9.59 Å². The molecule has 0 spiro atoms. The summed E-state index contributed by atoms with van der Waals surface area (Å²) in [5.74, 6) is -0.935. The Morgan fingerprint density at radius 1 is 1.25 bits per heavy atom. The van der Waals surface area contributed by atoms with Crippen LogP contribution in [0.5, 0.6) is 0 Å². The van der Waals surface area contributed by atoms with E-state index in [1.807, 2.05) is 13.8 Å². The van der Waals surface area contributed by atoms with Gasteiger partial charge >= 0.3 is 6.03 Å². The van der Waals surface area contributed by atoms with Gasteiger partial charge in [-0.3, -0.25) is 19.8 Å². The molecule has 0 saturated carbocycles. The zero-order valence-electron chi connectivity index (χ0n) is 9.65. The molecule has 0 radical (unpaired) electrons. The first-order valence-electron chi connectivity index (χ1n) is 5.45. The minimum Gasteiger partial charge on any atom is -0.302 e. The molecule has 4 amide bonds. The van der Waals surface area contributed by atoms with Crippen molar-refractivity contribution in [2.45, 2.75) is 20.3 Å². The molecule has 1 saturated heterocycles. The quantitative estimate of drug-likeness (QED) is 0.660. The second-order valence-electron chi connectivity index (χ2n) is 3.60. The summed E-state index contributed by atoms with van der Waals surface area (Å²) in [4.78, 5) is 36.9. The van der Waals surface area contributed by atoms with Crippen LogP contribution in [0.2, 0.25) is 0 Å². The van der Waals surface area contributed by atoms with E-state index in [1.165, 1.54) is 0 Å². The minimum atomic E-state index is -0.603. The summed E-state index contributed by atoms with van der Waals surface area (Å²) in [5, 5.41) is 2.13. The molecule has 1 aliphatic rings. The molecule has 1 aliphatic heterocycles. The number of hydrogen-bond acceptors (Lipinski definition) is 4. The van der Waals surface area contributed by atoms with Gasteiger partial charge in [-0.1, -0.05) is 13.8 Å². The lowest BCUT2D eigenvalue weighted by atomic mass is 10.3. The molecule has 0 aliphatic carbocycles. The molecule has 0 aromatic rings. The van der Waals surface area contributed by atoms with Crippen molar-refractivity contribution in [3.63, 3.8) is 0 Å². The summed E-state index contributed by atoms with van der Waals surface area (Å²) in [6.07, 6.45) is -0.232. The van der Waals surface area contributed by atoms with Gasteiger partial charge in [0.05, 0.1) is 0 Å². The van der Waals surface area contributed by atoms with Crippen molar-refractivity contribution >= 4 is 17.8 Å². The number of nitrogens with one attached hydrogen (secondary N) is 1. The maximum absolute atomic E-state index is 11.4. The van der Waals surface area contributed by atoms with E-state index >= 15 is 0 Å². The topological polar surface area (TPSA) is 69.7 Å². The van der Waals surface area contributed by atoms with E-state index < -0.39 is 17.8 Å². The van der Waals surface area contributed by atoms with Crippen molar-refractivity contribution in [2.24, 2.45) is 0 Å². The van der Waals surface area contributed by atoms with Crippen LogP contribution >= 0.6 is 0 Å². The van der Waals surface area contributed by atoms with Crippen molar-refractivity contribution in [3.8, 4) is 0 Å². The zero-order valence-corrected chi connectivity index (χ0v) is 9.65. The van der Waals surface area contributed by atoms with E-state index in [0.717, 1.165) is 18.0 Å². The van der Waals surface area contributed by atoms with Crippen LogP contribution in [0.4, 0.5) is 4.79 Å². The molecule has 90 valence electrons. The summed E-state index contributed by atoms with van der Waals surface area (Å²) >= 11 is 0. The summed E-state index contributed by atoms with van der Waals surface area (Å²) in [5.41, 5.74) is 0. The Kier molecular flexibility index (Phi) is 4.42. The number of rotatable bonds is 5. The third-order valence-electron chi connectivity index (χ3n) is 2.64. The largest absolute Gasteiger partial charge is 0.330 e. The van der Waals surface area contributed by atoms with Crippen LogP contribution in [0.3, 0.4) is 0 Å². The molecule has 1 fully saturated rings. The number of imide groups is 2. The van der Waals surface area contributed by atoms with Crippen LogP contribution in [0.15, 0.2) is 0 Å². The second-order valence-corrected chi connectivity index (χ2v) is 3.60. The van der Waals surface area contributed by atoms with E-state index in [9.17, 15) is 14.4 Å². The molecule has 1 heterocycles. The fourth-order valence-electron chi connectivity index (χ4n) is 1.58. The van der Waals surface area contributed by atoms with Crippen molar-refractivity contribution in [3.05, 3.63) is 0 Å². The number of barbiturate groups is 1. The Morgan fingerprint density at radius 2 is 1.88 bits per heavy atom. The van der Waals surface area contributed by atoms with Gasteiger partial charge in [-0.25, -0.2) is 4.79 Å². The lowest BCUT2D eigenvalue weighted by molar-refractivity contribution is -0.136. The molecule has 0 aromatic heterocycles. The Balaban J connectivity index is 2.49. The van der Waals surface area contributed by atoms with Gasteiger partial charge in [0.1, 0.15) is 6.42 Å². The van der Waals surface area contributed by atoms with Crippen molar-refractivity contribution in [1.29, 1.82) is 0 Å². The summed E-state index contributed by atoms with van der Waals surface area (Å²) < 4.78 is 0. The molecule has 0 unspecified atom stereocenters. The molecule has 1 N–H and O–H groups in total. The maximum atomic E-state index is 11.4.